The minimum Gasteiger partial charge on any atom is -0.389 e. The molecule has 1 saturated heterocycles. The monoisotopic (exact) mass is 268 g/mol. The number of thiocarbonyl (C=S) groups is 1. The lowest BCUT2D eigenvalue weighted by Gasteiger charge is -2.33. The summed E-state index contributed by atoms with van der Waals surface area (Å²) < 4.78 is 19.1. The fourth-order valence-corrected chi connectivity index (χ4v) is 2.19. The summed E-state index contributed by atoms with van der Waals surface area (Å²) >= 11 is 4.91. The number of hydrogen-bond donors (Lipinski definition) is 1. The second-order valence-electron chi connectivity index (χ2n) is 4.56. The number of ether oxygens (including phenoxy) is 1. The van der Waals surface area contributed by atoms with Crippen LogP contribution in [-0.4, -0.2) is 35.7 Å². The summed E-state index contributed by atoms with van der Waals surface area (Å²) in [6.45, 7) is 4.84. The number of hydrogen-bond acceptors (Lipinski definition) is 3. The molecule has 1 aliphatic rings. The van der Waals surface area contributed by atoms with Gasteiger partial charge in [0.25, 0.3) is 0 Å². The zero-order valence-electron chi connectivity index (χ0n) is 10.4. The van der Waals surface area contributed by atoms with Crippen LogP contribution in [0.25, 0.3) is 0 Å². The number of nitrogens with zero attached hydrogens (tertiary/aromatic N) is 1. The number of morpholine rings is 1. The number of benzene rings is 1. The zero-order chi connectivity index (χ0) is 13.1. The van der Waals surface area contributed by atoms with Crippen LogP contribution >= 0.6 is 12.2 Å². The lowest BCUT2D eigenvalue weighted by atomic mass is 10.1. The fraction of sp³-hybridized carbons (Fsp3) is 0.462. The van der Waals surface area contributed by atoms with Gasteiger partial charge in [0.15, 0.2) is 0 Å². The molecule has 2 rings (SSSR count). The molecule has 1 aliphatic heterocycles. The van der Waals surface area contributed by atoms with Gasteiger partial charge in [0, 0.05) is 30.3 Å². The van der Waals surface area contributed by atoms with Gasteiger partial charge in [-0.15, -0.1) is 0 Å². The van der Waals surface area contributed by atoms with Gasteiger partial charge in [0.05, 0.1) is 13.2 Å². The van der Waals surface area contributed by atoms with Gasteiger partial charge >= 0.3 is 0 Å². The van der Waals surface area contributed by atoms with Gasteiger partial charge in [-0.05, 0) is 25.1 Å². The van der Waals surface area contributed by atoms with E-state index in [-0.39, 0.29) is 5.82 Å². The molecule has 1 heterocycles. The van der Waals surface area contributed by atoms with Gasteiger partial charge in [-0.2, -0.15) is 0 Å². The van der Waals surface area contributed by atoms with Crippen molar-refractivity contribution in [2.75, 3.05) is 19.8 Å². The van der Waals surface area contributed by atoms with E-state index in [0.717, 1.165) is 6.54 Å². The molecule has 2 N–H and O–H groups in total. The predicted octanol–water partition coefficient (Wildman–Crippen LogP) is 1.68. The molecule has 0 saturated carbocycles. The molecule has 0 spiro atoms. The van der Waals surface area contributed by atoms with E-state index in [4.69, 9.17) is 22.7 Å². The van der Waals surface area contributed by atoms with Crippen LogP contribution in [-0.2, 0) is 11.3 Å². The Hall–Kier alpha value is -1.04. The largest absolute Gasteiger partial charge is 0.389 e. The summed E-state index contributed by atoms with van der Waals surface area (Å²) in [6.07, 6.45) is 0. The minimum absolute atomic E-state index is 0.214. The standard InChI is InChI=1S/C13H17FN2OS/c1-9-8-17-5-4-16(9)7-11-6-10(13(15)18)2-3-12(11)14/h2-3,6,9H,4-5,7-8H2,1H3,(H2,15,18). The van der Waals surface area contributed by atoms with E-state index < -0.39 is 0 Å². The summed E-state index contributed by atoms with van der Waals surface area (Å²) in [5.41, 5.74) is 6.91. The van der Waals surface area contributed by atoms with Gasteiger partial charge < -0.3 is 10.5 Å². The van der Waals surface area contributed by atoms with E-state index >= 15 is 0 Å². The number of nitrogens with two attached hydrogens (primary N) is 1. The van der Waals surface area contributed by atoms with Gasteiger partial charge in [-0.1, -0.05) is 12.2 Å². The van der Waals surface area contributed by atoms with Gasteiger partial charge in [-0.25, -0.2) is 4.39 Å². The molecule has 0 aromatic heterocycles. The van der Waals surface area contributed by atoms with Gasteiger partial charge in [-0.3, -0.25) is 4.90 Å². The maximum Gasteiger partial charge on any atom is 0.127 e. The summed E-state index contributed by atoms with van der Waals surface area (Å²) in [5, 5.41) is 0. The van der Waals surface area contributed by atoms with E-state index in [1.165, 1.54) is 6.07 Å². The molecule has 18 heavy (non-hydrogen) atoms. The van der Waals surface area contributed by atoms with Crippen molar-refractivity contribution in [2.45, 2.75) is 19.5 Å². The van der Waals surface area contributed by atoms with Crippen LogP contribution in [0.2, 0.25) is 0 Å². The molecule has 0 radical (unpaired) electrons. The molecule has 3 nitrogen and oxygen atoms in total. The first-order valence-electron chi connectivity index (χ1n) is 5.98. The quantitative estimate of drug-likeness (QED) is 0.847. The Bertz CT molecular complexity index is 453. The molecule has 0 aliphatic carbocycles. The van der Waals surface area contributed by atoms with Crippen LogP contribution in [0.4, 0.5) is 4.39 Å². The molecule has 0 bridgehead atoms. The third-order valence-corrected chi connectivity index (χ3v) is 3.44. The van der Waals surface area contributed by atoms with Crippen molar-refractivity contribution in [3.63, 3.8) is 0 Å². The first-order chi connectivity index (χ1) is 8.58. The molecule has 1 fully saturated rings. The Morgan fingerprint density at radius 1 is 1.61 bits per heavy atom. The molecule has 5 heteroatoms. The van der Waals surface area contributed by atoms with Crippen molar-refractivity contribution in [3.8, 4) is 0 Å². The Morgan fingerprint density at radius 2 is 2.39 bits per heavy atom. The topological polar surface area (TPSA) is 38.5 Å². The van der Waals surface area contributed by atoms with Gasteiger partial charge in [0.2, 0.25) is 0 Å². The van der Waals surface area contributed by atoms with Crippen molar-refractivity contribution in [1.82, 2.24) is 4.90 Å². The zero-order valence-corrected chi connectivity index (χ0v) is 11.2. The van der Waals surface area contributed by atoms with Crippen molar-refractivity contribution < 1.29 is 9.13 Å². The van der Waals surface area contributed by atoms with Crippen LogP contribution in [0.15, 0.2) is 18.2 Å². The molecule has 1 aromatic rings. The fourth-order valence-electron chi connectivity index (χ4n) is 2.06. The van der Waals surface area contributed by atoms with Crippen LogP contribution in [0.3, 0.4) is 0 Å². The van der Waals surface area contributed by atoms with Crippen molar-refractivity contribution >= 4 is 17.2 Å². The van der Waals surface area contributed by atoms with Crippen LogP contribution in [0.5, 0.6) is 0 Å². The normalized spacial score (nSPS) is 20.9. The molecular weight excluding hydrogens is 251 g/mol. The second kappa shape index (κ2) is 5.73. The van der Waals surface area contributed by atoms with Gasteiger partial charge in [0.1, 0.15) is 10.8 Å². The molecule has 1 unspecified atom stereocenters. The molecule has 0 amide bonds. The summed E-state index contributed by atoms with van der Waals surface area (Å²) in [5.74, 6) is -0.214. The van der Waals surface area contributed by atoms with E-state index in [2.05, 4.69) is 11.8 Å². The Labute approximate surface area is 112 Å². The average molecular weight is 268 g/mol. The summed E-state index contributed by atoms with van der Waals surface area (Å²) in [4.78, 5) is 2.50. The van der Waals surface area contributed by atoms with E-state index in [1.807, 2.05) is 0 Å². The van der Waals surface area contributed by atoms with E-state index in [1.54, 1.807) is 12.1 Å². The molecular formula is C13H17FN2OS. The highest BCUT2D eigenvalue weighted by atomic mass is 32.1. The third kappa shape index (κ3) is 3.04. The highest BCUT2D eigenvalue weighted by Gasteiger charge is 2.20. The van der Waals surface area contributed by atoms with Crippen molar-refractivity contribution in [1.29, 1.82) is 0 Å². The second-order valence-corrected chi connectivity index (χ2v) is 5.00. The van der Waals surface area contributed by atoms with Crippen molar-refractivity contribution in [3.05, 3.63) is 35.1 Å². The predicted molar refractivity (Wildman–Crippen MR) is 73.0 cm³/mol. The first-order valence-corrected chi connectivity index (χ1v) is 6.39. The Morgan fingerprint density at radius 3 is 3.06 bits per heavy atom. The maximum atomic E-state index is 13.8. The highest BCUT2D eigenvalue weighted by molar-refractivity contribution is 7.80. The summed E-state index contributed by atoms with van der Waals surface area (Å²) in [7, 11) is 0. The van der Waals surface area contributed by atoms with E-state index in [9.17, 15) is 4.39 Å². The lowest BCUT2D eigenvalue weighted by Crippen LogP contribution is -2.43. The van der Waals surface area contributed by atoms with Crippen LogP contribution in [0.1, 0.15) is 18.1 Å². The summed E-state index contributed by atoms with van der Waals surface area (Å²) in [6, 6.07) is 5.07. The third-order valence-electron chi connectivity index (χ3n) is 3.21. The number of halogens is 1. The van der Waals surface area contributed by atoms with Crippen LogP contribution < -0.4 is 5.73 Å². The SMILES string of the molecule is CC1COCCN1Cc1cc(C(N)=S)ccc1F. The highest BCUT2D eigenvalue weighted by Crippen LogP contribution is 2.16. The Kier molecular flexibility index (Phi) is 4.27. The molecule has 1 atom stereocenters. The van der Waals surface area contributed by atoms with Crippen molar-refractivity contribution in [2.24, 2.45) is 5.73 Å². The molecule has 98 valence electrons. The first kappa shape index (κ1) is 13.4. The van der Waals surface area contributed by atoms with E-state index in [0.29, 0.717) is 41.9 Å². The van der Waals surface area contributed by atoms with Crippen LogP contribution in [0, 0.1) is 5.82 Å². The minimum atomic E-state index is -0.214. The smallest absolute Gasteiger partial charge is 0.127 e. The Balaban J connectivity index is 2.17. The average Bonchev–Trinajstić information content (AvgIpc) is 2.34. The lowest BCUT2D eigenvalue weighted by molar-refractivity contribution is -0.00480. The maximum absolute atomic E-state index is 13.8. The number of rotatable bonds is 3. The molecule has 1 aromatic carbocycles.